The summed E-state index contributed by atoms with van der Waals surface area (Å²) in [5, 5.41) is 9.67. The molecule has 23 heavy (non-hydrogen) atoms. The summed E-state index contributed by atoms with van der Waals surface area (Å²) in [6.45, 7) is 2.61. The number of hydrogen-bond donors (Lipinski definition) is 1. The molecule has 0 aromatic rings. The van der Waals surface area contributed by atoms with Gasteiger partial charge in [0.1, 0.15) is 0 Å². The summed E-state index contributed by atoms with van der Waals surface area (Å²) in [5.41, 5.74) is 1.76. The molecule has 4 unspecified atom stereocenters. The SMILES string of the molecule is CCC(CCO)(C1=CC=CC1)C1CCC2C=CC=CC21.[Cl-].[Cl-].[Zr+2]. The second-order valence-corrected chi connectivity index (χ2v) is 6.50. The van der Waals surface area contributed by atoms with E-state index < -0.39 is 0 Å². The van der Waals surface area contributed by atoms with Crippen molar-refractivity contribution in [2.75, 3.05) is 6.61 Å². The first-order valence-electron chi connectivity index (χ1n) is 8.14. The van der Waals surface area contributed by atoms with Gasteiger partial charge in [0.15, 0.2) is 0 Å². The van der Waals surface area contributed by atoms with E-state index in [4.69, 9.17) is 0 Å². The zero-order valence-corrected chi connectivity index (χ0v) is 17.7. The molecule has 3 rings (SSSR count). The molecule has 1 N–H and O–H groups in total. The molecular weight excluding hydrogens is 406 g/mol. The van der Waals surface area contributed by atoms with Crippen molar-refractivity contribution in [3.8, 4) is 0 Å². The normalized spacial score (nSPS) is 29.7. The van der Waals surface area contributed by atoms with Crippen molar-refractivity contribution in [2.45, 2.75) is 39.0 Å². The van der Waals surface area contributed by atoms with E-state index in [1.54, 1.807) is 5.57 Å². The molecule has 4 atom stereocenters. The third-order valence-corrected chi connectivity index (χ3v) is 5.88. The molecule has 3 aliphatic carbocycles. The van der Waals surface area contributed by atoms with E-state index >= 15 is 0 Å². The number of hydrogen-bond acceptors (Lipinski definition) is 1. The molecule has 1 saturated carbocycles. The first-order chi connectivity index (χ1) is 9.81. The van der Waals surface area contributed by atoms with Crippen LogP contribution in [0.25, 0.3) is 0 Å². The van der Waals surface area contributed by atoms with E-state index in [1.165, 1.54) is 12.8 Å². The standard InChI is InChI=1S/C19H26O.2ClH.Zr/c1-2-19(13-14-20,16-8-4-5-9-16)18-12-11-15-7-3-6-10-17(15)18;;;/h3-8,10,15,17-18,20H,2,9,11-14H2,1H3;2*1H;/q;;;+2/p-2. The molecule has 126 valence electrons. The van der Waals surface area contributed by atoms with Gasteiger partial charge >= 0.3 is 26.2 Å². The number of aliphatic hydroxyl groups excluding tert-OH is 1. The molecule has 0 amide bonds. The monoisotopic (exact) mass is 430 g/mol. The van der Waals surface area contributed by atoms with Crippen molar-refractivity contribution in [1.29, 1.82) is 0 Å². The van der Waals surface area contributed by atoms with Gasteiger partial charge in [0.25, 0.3) is 0 Å². The van der Waals surface area contributed by atoms with Crippen LogP contribution in [0.5, 0.6) is 0 Å². The Morgan fingerprint density at radius 2 is 1.87 bits per heavy atom. The quantitative estimate of drug-likeness (QED) is 0.557. The average Bonchev–Trinajstić information content (AvgIpc) is 3.15. The smallest absolute Gasteiger partial charge is 1.00 e. The molecule has 0 aliphatic heterocycles. The minimum Gasteiger partial charge on any atom is -1.00 e. The molecule has 0 bridgehead atoms. The van der Waals surface area contributed by atoms with Crippen LogP contribution in [0.15, 0.2) is 48.1 Å². The fourth-order valence-electron chi connectivity index (χ4n) is 4.87. The van der Waals surface area contributed by atoms with Crippen LogP contribution >= 0.6 is 0 Å². The van der Waals surface area contributed by atoms with E-state index in [-0.39, 0.29) is 56.4 Å². The van der Waals surface area contributed by atoms with Crippen LogP contribution in [0, 0.1) is 23.2 Å². The molecule has 3 aliphatic rings. The number of rotatable bonds is 5. The van der Waals surface area contributed by atoms with Crippen LogP contribution < -0.4 is 24.8 Å². The minimum atomic E-state index is 0. The Kier molecular flexibility index (Phi) is 10.6. The van der Waals surface area contributed by atoms with E-state index in [0.29, 0.717) is 18.4 Å². The van der Waals surface area contributed by atoms with E-state index in [9.17, 15) is 5.11 Å². The van der Waals surface area contributed by atoms with Gasteiger partial charge in [-0.3, -0.25) is 0 Å². The van der Waals surface area contributed by atoms with Crippen LogP contribution in [0.2, 0.25) is 0 Å². The number of halogens is 2. The summed E-state index contributed by atoms with van der Waals surface area (Å²) in [6, 6.07) is 0. The number of aliphatic hydroxyl groups is 1. The van der Waals surface area contributed by atoms with Gasteiger partial charge in [0.2, 0.25) is 0 Å². The maximum atomic E-state index is 9.67. The molecule has 0 heterocycles. The molecule has 0 radical (unpaired) electrons. The third-order valence-electron chi connectivity index (χ3n) is 5.88. The van der Waals surface area contributed by atoms with Gasteiger partial charge in [-0.25, -0.2) is 0 Å². The van der Waals surface area contributed by atoms with E-state index in [2.05, 4.69) is 49.5 Å². The molecule has 0 aromatic heterocycles. The predicted octanol–water partition coefficient (Wildman–Crippen LogP) is -1.57. The predicted molar refractivity (Wildman–Crippen MR) is 84.3 cm³/mol. The van der Waals surface area contributed by atoms with Crippen molar-refractivity contribution in [1.82, 2.24) is 0 Å². The third kappa shape index (κ3) is 4.32. The summed E-state index contributed by atoms with van der Waals surface area (Å²) in [5.74, 6) is 2.09. The Hall–Kier alpha value is 0.383. The topological polar surface area (TPSA) is 20.2 Å². The van der Waals surface area contributed by atoms with Crippen LogP contribution in [-0.2, 0) is 26.2 Å². The van der Waals surface area contributed by atoms with E-state index in [1.807, 2.05) is 0 Å². The zero-order valence-electron chi connectivity index (χ0n) is 13.7. The van der Waals surface area contributed by atoms with Crippen LogP contribution in [-0.4, -0.2) is 11.7 Å². The van der Waals surface area contributed by atoms with Gasteiger partial charge in [-0.2, -0.15) is 0 Å². The molecule has 1 fully saturated rings. The molecule has 1 nitrogen and oxygen atoms in total. The first-order valence-corrected chi connectivity index (χ1v) is 8.14. The van der Waals surface area contributed by atoms with Gasteiger partial charge in [0, 0.05) is 6.61 Å². The molecule has 0 saturated heterocycles. The fourth-order valence-corrected chi connectivity index (χ4v) is 4.87. The maximum absolute atomic E-state index is 9.67. The summed E-state index contributed by atoms with van der Waals surface area (Å²) >= 11 is 0. The van der Waals surface area contributed by atoms with Crippen LogP contribution in [0.1, 0.15) is 39.0 Å². The van der Waals surface area contributed by atoms with Gasteiger partial charge in [0.05, 0.1) is 0 Å². The Morgan fingerprint density at radius 3 is 2.48 bits per heavy atom. The Labute approximate surface area is 172 Å². The van der Waals surface area contributed by atoms with Crippen LogP contribution in [0.3, 0.4) is 0 Å². The second kappa shape index (κ2) is 10.4. The first kappa shape index (κ1) is 23.4. The van der Waals surface area contributed by atoms with Gasteiger partial charge in [-0.15, -0.1) is 0 Å². The summed E-state index contributed by atoms with van der Waals surface area (Å²) in [7, 11) is 0. The number of fused-ring (bicyclic) bond motifs is 1. The number of allylic oxidation sites excluding steroid dienone is 8. The molecule has 0 spiro atoms. The summed E-state index contributed by atoms with van der Waals surface area (Å²) in [4.78, 5) is 0. The van der Waals surface area contributed by atoms with Crippen molar-refractivity contribution >= 4 is 0 Å². The maximum Gasteiger partial charge on any atom is 2.00 e. The Bertz CT molecular complexity index is 484. The molecule has 4 heteroatoms. The second-order valence-electron chi connectivity index (χ2n) is 6.50. The zero-order chi connectivity index (χ0) is 14.0. The van der Waals surface area contributed by atoms with Gasteiger partial charge < -0.3 is 29.9 Å². The van der Waals surface area contributed by atoms with Crippen LogP contribution in [0.4, 0.5) is 0 Å². The van der Waals surface area contributed by atoms with Crippen molar-refractivity contribution in [3.63, 3.8) is 0 Å². The van der Waals surface area contributed by atoms with E-state index in [0.717, 1.165) is 25.2 Å². The Balaban J connectivity index is 0.00000161. The summed E-state index contributed by atoms with van der Waals surface area (Å²) < 4.78 is 0. The average molecular weight is 433 g/mol. The Morgan fingerprint density at radius 1 is 1.13 bits per heavy atom. The van der Waals surface area contributed by atoms with Crippen molar-refractivity contribution < 1.29 is 56.1 Å². The van der Waals surface area contributed by atoms with Gasteiger partial charge in [-0.1, -0.05) is 55.0 Å². The van der Waals surface area contributed by atoms with Gasteiger partial charge in [-0.05, 0) is 55.3 Å². The van der Waals surface area contributed by atoms with Crippen molar-refractivity contribution in [3.05, 3.63) is 48.1 Å². The minimum absolute atomic E-state index is 0. The fraction of sp³-hybridized carbons (Fsp3) is 0.579. The molecule has 0 aromatic carbocycles. The summed E-state index contributed by atoms with van der Waals surface area (Å²) in [6.07, 6.45) is 21.8. The largest absolute Gasteiger partial charge is 2.00 e. The molecular formula is C19H26Cl2OZr. The van der Waals surface area contributed by atoms with Crippen molar-refractivity contribution in [2.24, 2.45) is 23.2 Å².